The van der Waals surface area contributed by atoms with Crippen LogP contribution in [0.4, 0.5) is 5.69 Å². The predicted octanol–water partition coefficient (Wildman–Crippen LogP) is 1.15. The zero-order valence-corrected chi connectivity index (χ0v) is 12.2. The van der Waals surface area contributed by atoms with Crippen molar-refractivity contribution in [1.29, 1.82) is 0 Å². The number of anilines is 1. The Morgan fingerprint density at radius 2 is 2.15 bits per heavy atom. The minimum absolute atomic E-state index is 0. The van der Waals surface area contributed by atoms with Crippen LogP contribution < -0.4 is 11.1 Å². The van der Waals surface area contributed by atoms with Crippen LogP contribution in [0.5, 0.6) is 0 Å². The summed E-state index contributed by atoms with van der Waals surface area (Å²) in [5.41, 5.74) is 7.57. The van der Waals surface area contributed by atoms with Gasteiger partial charge in [0, 0.05) is 18.7 Å². The molecule has 1 amide bonds. The van der Waals surface area contributed by atoms with Gasteiger partial charge >= 0.3 is 0 Å². The zero-order chi connectivity index (χ0) is 13.5. The molecule has 3 N–H and O–H groups in total. The number of hydrogen-bond donors (Lipinski definition) is 2. The second-order valence-electron chi connectivity index (χ2n) is 4.57. The van der Waals surface area contributed by atoms with Crippen LogP contribution in [-0.4, -0.2) is 38.4 Å². The Morgan fingerprint density at radius 3 is 2.85 bits per heavy atom. The highest BCUT2D eigenvalue weighted by atomic mass is 35.5. The van der Waals surface area contributed by atoms with Crippen LogP contribution in [-0.2, 0) is 20.7 Å². The monoisotopic (exact) mass is 300 g/mol. The van der Waals surface area contributed by atoms with Gasteiger partial charge in [0.2, 0.25) is 5.91 Å². The number of amides is 1. The lowest BCUT2D eigenvalue weighted by Gasteiger charge is -2.23. The van der Waals surface area contributed by atoms with Crippen molar-refractivity contribution < 1.29 is 14.3 Å². The second-order valence-corrected chi connectivity index (χ2v) is 4.57. The van der Waals surface area contributed by atoms with Gasteiger partial charge in [-0.25, -0.2) is 0 Å². The summed E-state index contributed by atoms with van der Waals surface area (Å²) in [5, 5.41) is 2.86. The number of halogens is 1. The fraction of sp³-hybridized carbons (Fsp3) is 0.500. The van der Waals surface area contributed by atoms with E-state index in [1.807, 2.05) is 24.3 Å². The average molecular weight is 301 g/mol. The molecule has 0 aromatic heterocycles. The standard InChI is InChI=1S/C14H20N2O3.ClH/c15-13-4-2-1-3-11(13)5-6-14(17)16-9-12-10-18-7-8-19-12;/h1-4,12H,5-10,15H2,(H,16,17);1H. The molecule has 0 spiro atoms. The van der Waals surface area contributed by atoms with E-state index in [0.29, 0.717) is 39.2 Å². The van der Waals surface area contributed by atoms with E-state index in [-0.39, 0.29) is 24.4 Å². The minimum Gasteiger partial charge on any atom is -0.399 e. The highest BCUT2D eigenvalue weighted by Crippen LogP contribution is 2.12. The first-order chi connectivity index (χ1) is 9.25. The summed E-state index contributed by atoms with van der Waals surface area (Å²) in [7, 11) is 0. The molecule has 2 rings (SSSR count). The number of carbonyl (C=O) groups is 1. The predicted molar refractivity (Wildman–Crippen MR) is 80.0 cm³/mol. The van der Waals surface area contributed by atoms with Crippen molar-refractivity contribution in [3.05, 3.63) is 29.8 Å². The first kappa shape index (κ1) is 16.8. The van der Waals surface area contributed by atoms with Gasteiger partial charge < -0.3 is 20.5 Å². The number of ether oxygens (including phenoxy) is 2. The van der Waals surface area contributed by atoms with Gasteiger partial charge in [0.25, 0.3) is 0 Å². The van der Waals surface area contributed by atoms with Gasteiger partial charge in [0.1, 0.15) is 0 Å². The third-order valence-electron chi connectivity index (χ3n) is 3.09. The molecule has 0 radical (unpaired) electrons. The lowest BCUT2D eigenvalue weighted by atomic mass is 10.1. The Bertz CT molecular complexity index is 423. The van der Waals surface area contributed by atoms with E-state index in [9.17, 15) is 4.79 Å². The SMILES string of the molecule is Cl.Nc1ccccc1CCC(=O)NCC1COCCO1. The number of nitrogens with two attached hydrogens (primary N) is 1. The van der Waals surface area contributed by atoms with Gasteiger partial charge in [0.05, 0.1) is 25.9 Å². The molecule has 1 atom stereocenters. The van der Waals surface area contributed by atoms with Crippen molar-refractivity contribution >= 4 is 24.0 Å². The lowest BCUT2D eigenvalue weighted by Crippen LogP contribution is -2.39. The van der Waals surface area contributed by atoms with E-state index in [4.69, 9.17) is 15.2 Å². The quantitative estimate of drug-likeness (QED) is 0.800. The number of para-hydroxylation sites is 1. The molecule has 1 fully saturated rings. The number of nitrogen functional groups attached to an aromatic ring is 1. The number of nitrogens with one attached hydrogen (secondary N) is 1. The minimum atomic E-state index is -0.0282. The molecular weight excluding hydrogens is 280 g/mol. The number of aryl methyl sites for hydroxylation is 1. The molecule has 20 heavy (non-hydrogen) atoms. The van der Waals surface area contributed by atoms with Crippen LogP contribution in [0, 0.1) is 0 Å². The molecule has 6 heteroatoms. The second kappa shape index (κ2) is 8.79. The molecule has 0 aliphatic carbocycles. The number of rotatable bonds is 5. The first-order valence-corrected chi connectivity index (χ1v) is 6.55. The summed E-state index contributed by atoms with van der Waals surface area (Å²) >= 11 is 0. The normalized spacial score (nSPS) is 18.1. The molecule has 1 aliphatic rings. The maximum Gasteiger partial charge on any atom is 0.220 e. The molecule has 112 valence electrons. The van der Waals surface area contributed by atoms with Crippen LogP contribution in [0.3, 0.4) is 0 Å². The molecule has 1 aromatic rings. The van der Waals surface area contributed by atoms with Gasteiger partial charge in [-0.2, -0.15) is 0 Å². The number of benzene rings is 1. The summed E-state index contributed by atoms with van der Waals surface area (Å²) in [5.74, 6) is 0.0115. The zero-order valence-electron chi connectivity index (χ0n) is 11.3. The van der Waals surface area contributed by atoms with E-state index >= 15 is 0 Å². The Morgan fingerprint density at radius 1 is 1.35 bits per heavy atom. The van der Waals surface area contributed by atoms with Crippen LogP contribution in [0.25, 0.3) is 0 Å². The summed E-state index contributed by atoms with van der Waals surface area (Å²) in [6.45, 7) is 2.29. The highest BCUT2D eigenvalue weighted by Gasteiger charge is 2.15. The number of hydrogen-bond acceptors (Lipinski definition) is 4. The molecule has 1 heterocycles. The summed E-state index contributed by atoms with van der Waals surface area (Å²) in [6.07, 6.45) is 1.06. The first-order valence-electron chi connectivity index (χ1n) is 6.55. The third-order valence-corrected chi connectivity index (χ3v) is 3.09. The fourth-order valence-electron chi connectivity index (χ4n) is 1.98. The van der Waals surface area contributed by atoms with Gasteiger partial charge in [0.15, 0.2) is 0 Å². The number of carbonyl (C=O) groups excluding carboxylic acids is 1. The van der Waals surface area contributed by atoms with Crippen molar-refractivity contribution in [1.82, 2.24) is 5.32 Å². The smallest absolute Gasteiger partial charge is 0.220 e. The van der Waals surface area contributed by atoms with Crippen molar-refractivity contribution in [2.24, 2.45) is 0 Å². The molecule has 5 nitrogen and oxygen atoms in total. The third kappa shape index (κ3) is 5.36. The lowest BCUT2D eigenvalue weighted by molar-refractivity contribution is -0.123. The highest BCUT2D eigenvalue weighted by molar-refractivity contribution is 5.85. The van der Waals surface area contributed by atoms with Crippen molar-refractivity contribution in [3.8, 4) is 0 Å². The van der Waals surface area contributed by atoms with Crippen molar-refractivity contribution in [2.45, 2.75) is 18.9 Å². The van der Waals surface area contributed by atoms with Crippen LogP contribution in [0.15, 0.2) is 24.3 Å². The summed E-state index contributed by atoms with van der Waals surface area (Å²) in [4.78, 5) is 11.7. The Kier molecular flexibility index (Phi) is 7.36. The van der Waals surface area contributed by atoms with Crippen LogP contribution in [0.1, 0.15) is 12.0 Å². The molecular formula is C14H21ClN2O3. The maximum absolute atomic E-state index is 11.7. The summed E-state index contributed by atoms with van der Waals surface area (Å²) < 4.78 is 10.7. The van der Waals surface area contributed by atoms with Gasteiger partial charge in [-0.05, 0) is 18.1 Å². The van der Waals surface area contributed by atoms with Crippen molar-refractivity contribution in [3.63, 3.8) is 0 Å². The van der Waals surface area contributed by atoms with E-state index in [1.165, 1.54) is 0 Å². The Hall–Kier alpha value is -1.30. The molecule has 0 bridgehead atoms. The molecule has 0 saturated carbocycles. The van der Waals surface area contributed by atoms with Crippen LogP contribution >= 0.6 is 12.4 Å². The van der Waals surface area contributed by atoms with Crippen LogP contribution in [0.2, 0.25) is 0 Å². The Balaban J connectivity index is 0.00000200. The Labute approximate surface area is 125 Å². The van der Waals surface area contributed by atoms with Gasteiger partial charge in [-0.3, -0.25) is 4.79 Å². The van der Waals surface area contributed by atoms with E-state index < -0.39 is 0 Å². The summed E-state index contributed by atoms with van der Waals surface area (Å²) in [6, 6.07) is 7.61. The largest absolute Gasteiger partial charge is 0.399 e. The topological polar surface area (TPSA) is 73.6 Å². The van der Waals surface area contributed by atoms with E-state index in [2.05, 4.69) is 5.32 Å². The maximum atomic E-state index is 11.7. The molecule has 1 saturated heterocycles. The van der Waals surface area contributed by atoms with Gasteiger partial charge in [-0.1, -0.05) is 18.2 Å². The average Bonchev–Trinajstić information content (AvgIpc) is 2.45. The fourth-order valence-corrected chi connectivity index (χ4v) is 1.98. The van der Waals surface area contributed by atoms with Crippen molar-refractivity contribution in [2.75, 3.05) is 32.1 Å². The van der Waals surface area contributed by atoms with E-state index in [1.54, 1.807) is 0 Å². The molecule has 1 aromatic carbocycles. The molecule has 1 unspecified atom stereocenters. The van der Waals surface area contributed by atoms with E-state index in [0.717, 1.165) is 11.3 Å². The van der Waals surface area contributed by atoms with Gasteiger partial charge in [-0.15, -0.1) is 12.4 Å². The molecule has 1 aliphatic heterocycles.